The number of aliphatic hydroxyl groups excluding tert-OH is 1. The summed E-state index contributed by atoms with van der Waals surface area (Å²) in [7, 11) is 1.77. The second kappa shape index (κ2) is 5.18. The maximum Gasteiger partial charge on any atom is 0.142 e. The van der Waals surface area contributed by atoms with Crippen molar-refractivity contribution in [1.82, 2.24) is 24.8 Å². The normalized spacial score (nSPS) is 12.6. The Hall–Kier alpha value is -1.99. The van der Waals surface area contributed by atoms with E-state index in [1.807, 2.05) is 30.3 Å². The fourth-order valence-electron chi connectivity index (χ4n) is 1.95. The van der Waals surface area contributed by atoms with Gasteiger partial charge in [0.1, 0.15) is 11.8 Å². The van der Waals surface area contributed by atoms with E-state index >= 15 is 0 Å². The first-order chi connectivity index (χ1) is 9.66. The molecular weight excluding hydrogens is 322 g/mol. The third kappa shape index (κ3) is 2.25. The molecule has 0 radical (unpaired) electrons. The maximum absolute atomic E-state index is 10.4. The number of hydrogen-bond donors (Lipinski definition) is 1. The van der Waals surface area contributed by atoms with Crippen molar-refractivity contribution in [3.05, 3.63) is 58.6 Å². The minimum absolute atomic E-state index is 0.471. The number of hydrogen-bond acceptors (Lipinski definition) is 4. The zero-order chi connectivity index (χ0) is 14.1. The predicted molar refractivity (Wildman–Crippen MR) is 76.3 cm³/mol. The lowest BCUT2D eigenvalue weighted by Gasteiger charge is -2.08. The quantitative estimate of drug-likeness (QED) is 0.794. The van der Waals surface area contributed by atoms with Gasteiger partial charge in [0.25, 0.3) is 0 Å². The fourth-order valence-corrected chi connectivity index (χ4v) is 2.52. The molecule has 2 heterocycles. The van der Waals surface area contributed by atoms with Crippen molar-refractivity contribution in [3.8, 4) is 5.69 Å². The van der Waals surface area contributed by atoms with Gasteiger partial charge in [0, 0.05) is 7.05 Å². The number of benzene rings is 1. The van der Waals surface area contributed by atoms with Gasteiger partial charge in [0.2, 0.25) is 0 Å². The van der Waals surface area contributed by atoms with Crippen molar-refractivity contribution in [3.63, 3.8) is 0 Å². The van der Waals surface area contributed by atoms with Crippen molar-refractivity contribution in [2.24, 2.45) is 7.05 Å². The largest absolute Gasteiger partial charge is 0.380 e. The summed E-state index contributed by atoms with van der Waals surface area (Å²) in [5, 5.41) is 23.0. The fraction of sp³-hybridized carbons (Fsp3) is 0.154. The average Bonchev–Trinajstić information content (AvgIpc) is 3.07. The summed E-state index contributed by atoms with van der Waals surface area (Å²) < 4.78 is 2.35. The summed E-state index contributed by atoms with van der Waals surface area (Å²) in [5.74, 6) is 0. The molecule has 2 aromatic heterocycles. The Kier molecular flexibility index (Phi) is 3.37. The van der Waals surface area contributed by atoms with E-state index in [4.69, 9.17) is 0 Å². The number of aliphatic hydroxyl groups is 1. The number of para-hydroxylation sites is 1. The molecule has 0 aliphatic rings. The Morgan fingerprint density at radius 1 is 1.15 bits per heavy atom. The SMILES string of the molecule is Cn1ncc(Br)c1C(O)c1cnn(-c2ccccc2)n1. The second-order valence-corrected chi connectivity index (χ2v) is 5.15. The first kappa shape index (κ1) is 13.0. The summed E-state index contributed by atoms with van der Waals surface area (Å²) >= 11 is 3.37. The summed E-state index contributed by atoms with van der Waals surface area (Å²) in [4.78, 5) is 1.49. The van der Waals surface area contributed by atoms with Crippen molar-refractivity contribution < 1.29 is 5.11 Å². The molecule has 0 saturated heterocycles. The number of aryl methyl sites for hydroxylation is 1. The van der Waals surface area contributed by atoms with Gasteiger partial charge in [-0.15, -0.1) is 0 Å². The van der Waals surface area contributed by atoms with E-state index in [2.05, 4.69) is 31.2 Å². The van der Waals surface area contributed by atoms with Gasteiger partial charge in [-0.05, 0) is 28.1 Å². The van der Waals surface area contributed by atoms with Gasteiger partial charge in [0.05, 0.1) is 28.2 Å². The third-order valence-electron chi connectivity index (χ3n) is 2.97. The van der Waals surface area contributed by atoms with Crippen molar-refractivity contribution in [2.45, 2.75) is 6.10 Å². The molecule has 6 nitrogen and oxygen atoms in total. The first-order valence-corrected chi connectivity index (χ1v) is 6.79. The Bertz CT molecular complexity index is 702. The molecule has 102 valence electrons. The van der Waals surface area contributed by atoms with Gasteiger partial charge in [-0.1, -0.05) is 18.2 Å². The van der Waals surface area contributed by atoms with Gasteiger partial charge in [-0.3, -0.25) is 4.68 Å². The molecule has 0 bridgehead atoms. The molecule has 7 heteroatoms. The van der Waals surface area contributed by atoms with Crippen LogP contribution in [0.1, 0.15) is 17.5 Å². The van der Waals surface area contributed by atoms with E-state index in [0.717, 1.165) is 10.2 Å². The predicted octanol–water partition coefficient (Wildman–Crippen LogP) is 1.84. The summed E-state index contributed by atoms with van der Waals surface area (Å²) in [6.45, 7) is 0. The van der Waals surface area contributed by atoms with E-state index in [1.165, 1.54) is 4.80 Å². The lowest BCUT2D eigenvalue weighted by molar-refractivity contribution is 0.203. The summed E-state index contributed by atoms with van der Waals surface area (Å²) in [5.41, 5.74) is 1.96. The molecule has 0 aliphatic carbocycles. The smallest absolute Gasteiger partial charge is 0.142 e. The van der Waals surface area contributed by atoms with E-state index in [9.17, 15) is 5.11 Å². The van der Waals surface area contributed by atoms with Crippen molar-refractivity contribution in [2.75, 3.05) is 0 Å². The van der Waals surface area contributed by atoms with Crippen LogP contribution in [0.4, 0.5) is 0 Å². The standard InChI is InChI=1S/C13H12BrN5O/c1-18-12(10(14)7-15-18)13(20)11-8-16-19(17-11)9-5-3-2-4-6-9/h2-8,13,20H,1H3. The summed E-state index contributed by atoms with van der Waals surface area (Å²) in [6.07, 6.45) is 2.31. The highest BCUT2D eigenvalue weighted by molar-refractivity contribution is 9.10. The molecular formula is C13H12BrN5O. The van der Waals surface area contributed by atoms with E-state index < -0.39 is 6.10 Å². The van der Waals surface area contributed by atoms with Crippen LogP contribution in [-0.2, 0) is 7.05 Å². The third-order valence-corrected chi connectivity index (χ3v) is 3.58. The first-order valence-electron chi connectivity index (χ1n) is 6.00. The molecule has 3 rings (SSSR count). The van der Waals surface area contributed by atoms with Crippen molar-refractivity contribution >= 4 is 15.9 Å². The number of aromatic nitrogens is 5. The average molecular weight is 334 g/mol. The highest BCUT2D eigenvalue weighted by Crippen LogP contribution is 2.26. The molecule has 0 amide bonds. The maximum atomic E-state index is 10.4. The lowest BCUT2D eigenvalue weighted by Crippen LogP contribution is -2.08. The van der Waals surface area contributed by atoms with Crippen LogP contribution < -0.4 is 0 Å². The molecule has 20 heavy (non-hydrogen) atoms. The van der Waals surface area contributed by atoms with Gasteiger partial charge in [0.15, 0.2) is 0 Å². The highest BCUT2D eigenvalue weighted by atomic mass is 79.9. The Labute approximate surface area is 123 Å². The van der Waals surface area contributed by atoms with Crippen LogP contribution in [0, 0.1) is 0 Å². The van der Waals surface area contributed by atoms with Crippen LogP contribution in [0.5, 0.6) is 0 Å². The zero-order valence-corrected chi connectivity index (χ0v) is 12.3. The monoisotopic (exact) mass is 333 g/mol. The zero-order valence-electron chi connectivity index (χ0n) is 10.7. The number of halogens is 1. The minimum Gasteiger partial charge on any atom is -0.380 e. The van der Waals surface area contributed by atoms with Crippen LogP contribution in [0.2, 0.25) is 0 Å². The second-order valence-electron chi connectivity index (χ2n) is 4.30. The van der Waals surface area contributed by atoms with Crippen LogP contribution in [-0.4, -0.2) is 29.9 Å². The van der Waals surface area contributed by atoms with Crippen LogP contribution in [0.25, 0.3) is 5.69 Å². The Morgan fingerprint density at radius 2 is 1.90 bits per heavy atom. The van der Waals surface area contributed by atoms with Gasteiger partial charge in [-0.2, -0.15) is 20.1 Å². The van der Waals surface area contributed by atoms with E-state index in [1.54, 1.807) is 24.1 Å². The topological polar surface area (TPSA) is 68.8 Å². The Morgan fingerprint density at radius 3 is 2.55 bits per heavy atom. The van der Waals surface area contributed by atoms with Gasteiger partial charge in [-0.25, -0.2) is 0 Å². The minimum atomic E-state index is -0.880. The molecule has 1 aromatic carbocycles. The highest BCUT2D eigenvalue weighted by Gasteiger charge is 2.21. The van der Waals surface area contributed by atoms with E-state index in [0.29, 0.717) is 11.4 Å². The van der Waals surface area contributed by atoms with Crippen LogP contribution >= 0.6 is 15.9 Å². The lowest BCUT2D eigenvalue weighted by atomic mass is 10.2. The number of nitrogens with zero attached hydrogens (tertiary/aromatic N) is 5. The van der Waals surface area contributed by atoms with E-state index in [-0.39, 0.29) is 0 Å². The molecule has 1 unspecified atom stereocenters. The van der Waals surface area contributed by atoms with Crippen LogP contribution in [0.3, 0.4) is 0 Å². The molecule has 0 fully saturated rings. The molecule has 0 saturated carbocycles. The molecule has 1 atom stereocenters. The van der Waals surface area contributed by atoms with Gasteiger partial charge < -0.3 is 5.11 Å². The summed E-state index contributed by atoms with van der Waals surface area (Å²) in [6, 6.07) is 9.54. The molecule has 1 N–H and O–H groups in total. The number of rotatable bonds is 3. The van der Waals surface area contributed by atoms with Gasteiger partial charge >= 0.3 is 0 Å². The molecule has 0 aliphatic heterocycles. The Balaban J connectivity index is 1.95. The molecule has 0 spiro atoms. The van der Waals surface area contributed by atoms with Crippen LogP contribution in [0.15, 0.2) is 47.2 Å². The van der Waals surface area contributed by atoms with Crippen molar-refractivity contribution in [1.29, 1.82) is 0 Å². The molecule has 3 aromatic rings.